The van der Waals surface area contributed by atoms with Gasteiger partial charge in [0.2, 0.25) is 5.91 Å². The van der Waals surface area contributed by atoms with Gasteiger partial charge in [0.15, 0.2) is 5.84 Å². The van der Waals surface area contributed by atoms with Crippen molar-refractivity contribution in [3.05, 3.63) is 24.3 Å². The van der Waals surface area contributed by atoms with Crippen LogP contribution in [0.1, 0.15) is 19.8 Å². The number of rotatable bonds is 6. The van der Waals surface area contributed by atoms with Crippen molar-refractivity contribution in [2.24, 2.45) is 16.8 Å². The van der Waals surface area contributed by atoms with Gasteiger partial charge in [-0.15, -0.1) is 0 Å². The molecule has 104 valence electrons. The lowest BCUT2D eigenvalue weighted by molar-refractivity contribution is -0.118. The van der Waals surface area contributed by atoms with Crippen LogP contribution in [0.3, 0.4) is 0 Å². The van der Waals surface area contributed by atoms with Crippen LogP contribution in [0.5, 0.6) is 5.75 Å². The van der Waals surface area contributed by atoms with Crippen molar-refractivity contribution < 1.29 is 14.7 Å². The summed E-state index contributed by atoms with van der Waals surface area (Å²) in [6.07, 6.45) is 1.28. The summed E-state index contributed by atoms with van der Waals surface area (Å²) in [5.74, 6) is -0.373. The van der Waals surface area contributed by atoms with E-state index in [-0.39, 0.29) is 11.7 Å². The number of hydrogen-bond donors (Lipinski definition) is 3. The van der Waals surface area contributed by atoms with Crippen molar-refractivity contribution in [1.29, 1.82) is 0 Å². The van der Waals surface area contributed by atoms with E-state index in [1.165, 1.54) is 0 Å². The molecular formula is C13H19N3O3. The number of carbonyl (C=O) groups is 1. The molecule has 1 unspecified atom stereocenters. The molecule has 0 aromatic heterocycles. The molecule has 1 rings (SSSR count). The lowest BCUT2D eigenvalue weighted by atomic mass is 10.0. The molecule has 0 fully saturated rings. The van der Waals surface area contributed by atoms with Gasteiger partial charge in [0.25, 0.3) is 0 Å². The van der Waals surface area contributed by atoms with Crippen LogP contribution in [0.2, 0.25) is 0 Å². The summed E-state index contributed by atoms with van der Waals surface area (Å²) in [7, 11) is 1.55. The molecular weight excluding hydrogens is 246 g/mol. The first kappa shape index (κ1) is 14.8. The quantitative estimate of drug-likeness (QED) is 0.316. The number of amides is 1. The summed E-state index contributed by atoms with van der Waals surface area (Å²) < 4.78 is 5.07. The van der Waals surface area contributed by atoms with Crippen molar-refractivity contribution in [3.8, 4) is 5.75 Å². The van der Waals surface area contributed by atoms with Crippen LogP contribution in [0.4, 0.5) is 5.69 Å². The zero-order chi connectivity index (χ0) is 14.3. The average molecular weight is 265 g/mol. The fourth-order valence-electron chi connectivity index (χ4n) is 1.70. The number of ether oxygens (including phenoxy) is 1. The first-order valence-corrected chi connectivity index (χ1v) is 6.04. The maximum Gasteiger partial charge on any atom is 0.235 e. The standard InChI is InChI=1S/C13H19N3O3/c1-3-5-11(12(14)16-18)13(17)15-9-6-4-7-10(8-9)19-2/h4,6-8,11,18H,3,5H2,1-2H3,(H2,14,16)(H,15,17). The van der Waals surface area contributed by atoms with Gasteiger partial charge in [-0.25, -0.2) is 0 Å². The Morgan fingerprint density at radius 3 is 2.89 bits per heavy atom. The Bertz CT molecular complexity index is 460. The number of hydrogen-bond acceptors (Lipinski definition) is 4. The number of anilines is 1. The maximum absolute atomic E-state index is 12.1. The van der Waals surface area contributed by atoms with Crippen LogP contribution < -0.4 is 15.8 Å². The second-order valence-corrected chi connectivity index (χ2v) is 4.09. The van der Waals surface area contributed by atoms with Crippen molar-refractivity contribution in [2.75, 3.05) is 12.4 Å². The third kappa shape index (κ3) is 4.17. The monoisotopic (exact) mass is 265 g/mol. The maximum atomic E-state index is 12.1. The fourth-order valence-corrected chi connectivity index (χ4v) is 1.70. The van der Waals surface area contributed by atoms with Crippen molar-refractivity contribution >= 4 is 17.4 Å². The molecule has 0 saturated carbocycles. The van der Waals surface area contributed by atoms with Crippen LogP contribution in [-0.4, -0.2) is 24.1 Å². The van der Waals surface area contributed by atoms with Gasteiger partial charge in [0.1, 0.15) is 5.75 Å². The molecule has 4 N–H and O–H groups in total. The van der Waals surface area contributed by atoms with Crippen molar-refractivity contribution in [3.63, 3.8) is 0 Å². The van der Waals surface area contributed by atoms with Crippen LogP contribution in [0.15, 0.2) is 29.4 Å². The Morgan fingerprint density at radius 1 is 1.58 bits per heavy atom. The normalized spacial score (nSPS) is 12.8. The Morgan fingerprint density at radius 2 is 2.32 bits per heavy atom. The van der Waals surface area contributed by atoms with Crippen molar-refractivity contribution in [1.82, 2.24) is 0 Å². The fraction of sp³-hybridized carbons (Fsp3) is 0.385. The minimum absolute atomic E-state index is 0.0813. The van der Waals surface area contributed by atoms with Gasteiger partial charge in [-0.1, -0.05) is 24.6 Å². The molecule has 1 amide bonds. The number of carbonyl (C=O) groups excluding carboxylic acids is 1. The summed E-state index contributed by atoms with van der Waals surface area (Å²) in [6.45, 7) is 1.93. The number of nitrogens with two attached hydrogens (primary N) is 1. The van der Waals surface area contributed by atoms with Gasteiger partial charge in [-0.05, 0) is 18.6 Å². The number of oxime groups is 1. The van der Waals surface area contributed by atoms with Crippen LogP contribution >= 0.6 is 0 Å². The largest absolute Gasteiger partial charge is 0.497 e. The van der Waals surface area contributed by atoms with E-state index in [9.17, 15) is 4.79 Å². The number of methoxy groups -OCH3 is 1. The molecule has 6 heteroatoms. The second kappa shape index (κ2) is 7.25. The van der Waals surface area contributed by atoms with Gasteiger partial charge in [-0.2, -0.15) is 0 Å². The molecule has 0 heterocycles. The highest BCUT2D eigenvalue weighted by Crippen LogP contribution is 2.18. The Kier molecular flexibility index (Phi) is 5.66. The van der Waals surface area contributed by atoms with E-state index in [0.717, 1.165) is 6.42 Å². The predicted octanol–water partition coefficient (Wildman–Crippen LogP) is 1.80. The van der Waals surface area contributed by atoms with Gasteiger partial charge in [0.05, 0.1) is 13.0 Å². The molecule has 6 nitrogen and oxygen atoms in total. The molecule has 0 aliphatic heterocycles. The molecule has 1 atom stereocenters. The summed E-state index contributed by atoms with van der Waals surface area (Å²) in [6, 6.07) is 7.00. The molecule has 0 aliphatic rings. The molecule has 1 aromatic rings. The second-order valence-electron chi connectivity index (χ2n) is 4.09. The topological polar surface area (TPSA) is 96.9 Å². The summed E-state index contributed by atoms with van der Waals surface area (Å²) in [4.78, 5) is 12.1. The SMILES string of the molecule is CCCC(C(=O)Nc1cccc(OC)c1)C(N)=NO. The Hall–Kier alpha value is -2.24. The number of benzene rings is 1. The van der Waals surface area contributed by atoms with E-state index in [1.807, 2.05) is 6.92 Å². The summed E-state index contributed by atoms with van der Waals surface area (Å²) in [5, 5.41) is 14.3. The number of nitrogens with one attached hydrogen (secondary N) is 1. The van der Waals surface area contributed by atoms with Gasteiger partial charge in [-0.3, -0.25) is 4.79 Å². The minimum Gasteiger partial charge on any atom is -0.497 e. The van der Waals surface area contributed by atoms with Gasteiger partial charge in [0, 0.05) is 11.8 Å². The lowest BCUT2D eigenvalue weighted by Crippen LogP contribution is -2.34. The third-order valence-electron chi connectivity index (χ3n) is 2.70. The molecule has 0 aliphatic carbocycles. The smallest absolute Gasteiger partial charge is 0.235 e. The first-order valence-electron chi connectivity index (χ1n) is 6.04. The zero-order valence-electron chi connectivity index (χ0n) is 11.1. The Balaban J connectivity index is 2.80. The molecule has 1 aromatic carbocycles. The molecule has 0 radical (unpaired) electrons. The van der Waals surface area contributed by atoms with E-state index in [1.54, 1.807) is 31.4 Å². The highest BCUT2D eigenvalue weighted by atomic mass is 16.5. The molecule has 19 heavy (non-hydrogen) atoms. The number of nitrogens with zero attached hydrogens (tertiary/aromatic N) is 1. The minimum atomic E-state index is -0.638. The summed E-state index contributed by atoms with van der Waals surface area (Å²) in [5.41, 5.74) is 6.14. The first-order chi connectivity index (χ1) is 9.12. The summed E-state index contributed by atoms with van der Waals surface area (Å²) >= 11 is 0. The van der Waals surface area contributed by atoms with E-state index in [2.05, 4.69) is 10.5 Å². The van der Waals surface area contributed by atoms with Crippen LogP contribution in [0.25, 0.3) is 0 Å². The molecule has 0 saturated heterocycles. The Labute approximate surface area is 112 Å². The van der Waals surface area contributed by atoms with E-state index in [0.29, 0.717) is 17.9 Å². The van der Waals surface area contributed by atoms with E-state index >= 15 is 0 Å². The zero-order valence-corrected chi connectivity index (χ0v) is 11.1. The van der Waals surface area contributed by atoms with E-state index < -0.39 is 5.92 Å². The predicted molar refractivity (Wildman–Crippen MR) is 73.4 cm³/mol. The lowest BCUT2D eigenvalue weighted by Gasteiger charge is -2.15. The van der Waals surface area contributed by atoms with Crippen LogP contribution in [-0.2, 0) is 4.79 Å². The molecule has 0 bridgehead atoms. The number of amidine groups is 1. The van der Waals surface area contributed by atoms with Gasteiger partial charge < -0.3 is 21.0 Å². The third-order valence-corrected chi connectivity index (χ3v) is 2.70. The highest BCUT2D eigenvalue weighted by Gasteiger charge is 2.22. The van der Waals surface area contributed by atoms with Gasteiger partial charge >= 0.3 is 0 Å². The average Bonchev–Trinajstić information content (AvgIpc) is 2.44. The van der Waals surface area contributed by atoms with E-state index in [4.69, 9.17) is 15.7 Å². The molecule has 0 spiro atoms. The van der Waals surface area contributed by atoms with Crippen molar-refractivity contribution in [2.45, 2.75) is 19.8 Å². The van der Waals surface area contributed by atoms with Crippen LogP contribution in [0, 0.1) is 5.92 Å². The highest BCUT2D eigenvalue weighted by molar-refractivity contribution is 6.07.